The van der Waals surface area contributed by atoms with Crippen LogP contribution >= 0.6 is 27.5 Å². The predicted octanol–water partition coefficient (Wildman–Crippen LogP) is 5.64. The van der Waals surface area contributed by atoms with Crippen molar-refractivity contribution >= 4 is 44.9 Å². The molecule has 0 saturated carbocycles. The van der Waals surface area contributed by atoms with Crippen LogP contribution in [0.15, 0.2) is 58.3 Å². The highest BCUT2D eigenvalue weighted by Gasteiger charge is 2.16. The molecule has 6 nitrogen and oxygen atoms in total. The molecule has 0 atom stereocenters. The molecule has 0 bridgehead atoms. The Hall–Kier alpha value is -2.95. The summed E-state index contributed by atoms with van der Waals surface area (Å²) in [6.45, 7) is 0. The van der Waals surface area contributed by atoms with Gasteiger partial charge in [0.15, 0.2) is 11.6 Å². The van der Waals surface area contributed by atoms with Gasteiger partial charge in [0.05, 0.1) is 28.0 Å². The van der Waals surface area contributed by atoms with Crippen molar-refractivity contribution in [3.63, 3.8) is 0 Å². The van der Waals surface area contributed by atoms with Gasteiger partial charge in [0.2, 0.25) is 0 Å². The summed E-state index contributed by atoms with van der Waals surface area (Å²) in [5.41, 5.74) is 2.41. The molecule has 138 valence electrons. The Balaban J connectivity index is 1.67. The second-order valence-electron chi connectivity index (χ2n) is 6.02. The van der Waals surface area contributed by atoms with Gasteiger partial charge in [-0.05, 0) is 46.6 Å². The van der Waals surface area contributed by atoms with Gasteiger partial charge < -0.3 is 10.1 Å². The number of amidine groups is 1. The first-order chi connectivity index (χ1) is 13.6. The van der Waals surface area contributed by atoms with Gasteiger partial charge in [0, 0.05) is 35.4 Å². The van der Waals surface area contributed by atoms with Crippen molar-refractivity contribution < 1.29 is 4.74 Å². The average molecular weight is 455 g/mol. The number of anilines is 1. The summed E-state index contributed by atoms with van der Waals surface area (Å²) >= 11 is 9.62. The Labute approximate surface area is 175 Å². The fourth-order valence-electron chi connectivity index (χ4n) is 2.76. The SMILES string of the molecule is N#Cc1ccc(Cl)c(Oc2cc(Br)cnc2N=C2CCc3ncccc3N2)c1. The van der Waals surface area contributed by atoms with Crippen LogP contribution in [0.1, 0.15) is 17.7 Å². The van der Waals surface area contributed by atoms with Gasteiger partial charge in [0.1, 0.15) is 11.6 Å². The molecule has 4 rings (SSSR count). The summed E-state index contributed by atoms with van der Waals surface area (Å²) in [5, 5.41) is 12.8. The first-order valence-corrected chi connectivity index (χ1v) is 9.61. The highest BCUT2D eigenvalue weighted by molar-refractivity contribution is 9.10. The standard InChI is InChI=1S/C20H13BrClN5O/c21-13-9-18(28-17-8-12(10-23)3-4-14(17)22)20(25-11-13)27-19-6-5-15-16(26-19)2-1-7-24-15/h1-4,7-9,11H,5-6H2,(H,25,26,27). The van der Waals surface area contributed by atoms with Crippen LogP contribution in [0.2, 0.25) is 5.02 Å². The van der Waals surface area contributed by atoms with Crippen LogP contribution in [0.25, 0.3) is 0 Å². The van der Waals surface area contributed by atoms with Gasteiger partial charge in [-0.25, -0.2) is 9.98 Å². The fourth-order valence-corrected chi connectivity index (χ4v) is 3.23. The van der Waals surface area contributed by atoms with Crippen LogP contribution < -0.4 is 10.1 Å². The zero-order valence-electron chi connectivity index (χ0n) is 14.5. The number of hydrogen-bond acceptors (Lipinski definition) is 5. The van der Waals surface area contributed by atoms with Gasteiger partial charge in [-0.3, -0.25) is 4.98 Å². The lowest BCUT2D eigenvalue weighted by molar-refractivity contribution is 0.481. The maximum atomic E-state index is 9.11. The molecule has 1 N–H and O–H groups in total. The van der Waals surface area contributed by atoms with Crippen molar-refractivity contribution in [2.45, 2.75) is 12.8 Å². The lowest BCUT2D eigenvalue weighted by atomic mass is 10.1. The first-order valence-electron chi connectivity index (χ1n) is 8.44. The van der Waals surface area contributed by atoms with Crippen molar-refractivity contribution in [3.8, 4) is 17.6 Å². The summed E-state index contributed by atoms with van der Waals surface area (Å²) < 4.78 is 6.69. The molecule has 0 radical (unpaired) electrons. The number of aromatic nitrogens is 2. The zero-order chi connectivity index (χ0) is 19.5. The number of rotatable bonds is 3. The van der Waals surface area contributed by atoms with E-state index in [0.717, 1.165) is 28.1 Å². The maximum Gasteiger partial charge on any atom is 0.197 e. The molecule has 1 aliphatic rings. The number of aryl methyl sites for hydroxylation is 1. The van der Waals surface area contributed by atoms with E-state index in [1.54, 1.807) is 36.7 Å². The number of ether oxygens (including phenoxy) is 1. The minimum atomic E-state index is 0.369. The number of pyridine rings is 2. The normalized spacial score (nSPS) is 14.1. The maximum absolute atomic E-state index is 9.11. The Morgan fingerprint density at radius 3 is 2.93 bits per heavy atom. The predicted molar refractivity (Wildman–Crippen MR) is 111 cm³/mol. The smallest absolute Gasteiger partial charge is 0.197 e. The number of nitriles is 1. The van der Waals surface area contributed by atoms with Crippen LogP contribution in [0, 0.1) is 11.3 Å². The number of halogens is 2. The molecule has 0 unspecified atom stereocenters. The Bertz CT molecular complexity index is 1130. The molecule has 3 heterocycles. The molecular formula is C20H13BrClN5O. The molecule has 1 aliphatic heterocycles. The molecule has 0 saturated heterocycles. The number of nitrogens with zero attached hydrogens (tertiary/aromatic N) is 4. The molecule has 0 spiro atoms. The second-order valence-corrected chi connectivity index (χ2v) is 7.34. The molecule has 0 fully saturated rings. The second kappa shape index (κ2) is 7.97. The number of fused-ring (bicyclic) bond motifs is 1. The van der Waals surface area contributed by atoms with Crippen LogP contribution in [0.5, 0.6) is 11.5 Å². The molecule has 0 aliphatic carbocycles. The minimum absolute atomic E-state index is 0.369. The Morgan fingerprint density at radius 1 is 1.18 bits per heavy atom. The highest BCUT2D eigenvalue weighted by atomic mass is 79.9. The van der Waals surface area contributed by atoms with E-state index >= 15 is 0 Å². The van der Waals surface area contributed by atoms with E-state index in [-0.39, 0.29) is 0 Å². The summed E-state index contributed by atoms with van der Waals surface area (Å²) in [7, 11) is 0. The van der Waals surface area contributed by atoms with Crippen molar-refractivity contribution in [2.24, 2.45) is 4.99 Å². The molecule has 3 aromatic rings. The fraction of sp³-hybridized carbons (Fsp3) is 0.100. The third-order valence-electron chi connectivity index (χ3n) is 4.09. The Kier molecular flexibility index (Phi) is 5.24. The highest BCUT2D eigenvalue weighted by Crippen LogP contribution is 2.36. The minimum Gasteiger partial charge on any atom is -0.452 e. The van der Waals surface area contributed by atoms with Gasteiger partial charge in [0.25, 0.3) is 0 Å². The van der Waals surface area contributed by atoms with Gasteiger partial charge in [-0.1, -0.05) is 11.6 Å². The Morgan fingerprint density at radius 2 is 2.07 bits per heavy atom. The summed E-state index contributed by atoms with van der Waals surface area (Å²) in [6, 6.07) is 12.5. The zero-order valence-corrected chi connectivity index (χ0v) is 16.8. The molecule has 8 heteroatoms. The monoisotopic (exact) mass is 453 g/mol. The quantitative estimate of drug-likeness (QED) is 0.553. The topological polar surface area (TPSA) is 83.2 Å². The average Bonchev–Trinajstić information content (AvgIpc) is 2.71. The van der Waals surface area contributed by atoms with Crippen LogP contribution in [0.4, 0.5) is 11.5 Å². The van der Waals surface area contributed by atoms with Crippen molar-refractivity contribution in [2.75, 3.05) is 5.32 Å². The van der Waals surface area contributed by atoms with Crippen molar-refractivity contribution in [1.29, 1.82) is 5.26 Å². The van der Waals surface area contributed by atoms with Gasteiger partial charge in [-0.2, -0.15) is 5.26 Å². The van der Waals surface area contributed by atoms with Crippen LogP contribution in [0.3, 0.4) is 0 Å². The number of benzene rings is 1. The number of nitrogens with one attached hydrogen (secondary N) is 1. The van der Waals surface area contributed by atoms with Gasteiger partial charge >= 0.3 is 0 Å². The van der Waals surface area contributed by atoms with Crippen LogP contribution in [-0.4, -0.2) is 15.8 Å². The molecule has 2 aromatic heterocycles. The molecule has 28 heavy (non-hydrogen) atoms. The van der Waals surface area contributed by atoms with E-state index in [0.29, 0.717) is 34.3 Å². The molecule has 0 amide bonds. The molecular weight excluding hydrogens is 442 g/mol. The number of aliphatic imine (C=N–C) groups is 1. The van der Waals surface area contributed by atoms with E-state index < -0.39 is 0 Å². The first kappa shape index (κ1) is 18.4. The van der Waals surface area contributed by atoms with Crippen molar-refractivity contribution in [3.05, 3.63) is 69.5 Å². The van der Waals surface area contributed by atoms with Gasteiger partial charge in [-0.15, -0.1) is 0 Å². The van der Waals surface area contributed by atoms with E-state index in [1.165, 1.54) is 0 Å². The lowest BCUT2D eigenvalue weighted by Gasteiger charge is -2.18. The summed E-state index contributed by atoms with van der Waals surface area (Å²) in [4.78, 5) is 13.4. The lowest BCUT2D eigenvalue weighted by Crippen LogP contribution is -2.20. The third kappa shape index (κ3) is 3.98. The van der Waals surface area contributed by atoms with E-state index in [2.05, 4.69) is 42.3 Å². The third-order valence-corrected chi connectivity index (χ3v) is 4.83. The summed E-state index contributed by atoms with van der Waals surface area (Å²) in [5.74, 6) is 1.99. The van der Waals surface area contributed by atoms with Crippen molar-refractivity contribution in [1.82, 2.24) is 9.97 Å². The summed E-state index contributed by atoms with van der Waals surface area (Å²) in [6.07, 6.45) is 4.94. The largest absolute Gasteiger partial charge is 0.452 e. The van der Waals surface area contributed by atoms with E-state index in [9.17, 15) is 0 Å². The van der Waals surface area contributed by atoms with Crippen LogP contribution in [-0.2, 0) is 6.42 Å². The number of hydrogen-bond donors (Lipinski definition) is 1. The molecule has 1 aromatic carbocycles. The van der Waals surface area contributed by atoms with E-state index in [1.807, 2.05) is 12.1 Å². The van der Waals surface area contributed by atoms with E-state index in [4.69, 9.17) is 21.6 Å².